The van der Waals surface area contributed by atoms with Crippen LogP contribution < -0.4 is 5.32 Å². The minimum absolute atomic E-state index is 0.00365. The van der Waals surface area contributed by atoms with Crippen LogP contribution in [0.25, 0.3) is 0 Å². The zero-order valence-corrected chi connectivity index (χ0v) is 13.3. The maximum atomic E-state index is 11.8. The van der Waals surface area contributed by atoms with Crippen molar-refractivity contribution in [3.05, 3.63) is 0 Å². The van der Waals surface area contributed by atoms with Crippen LogP contribution in [0.4, 0.5) is 4.79 Å². The molecule has 1 N–H and O–H groups in total. The van der Waals surface area contributed by atoms with Crippen LogP contribution in [0, 0.1) is 18.3 Å². The molecule has 4 heteroatoms. The highest BCUT2D eigenvalue weighted by Crippen LogP contribution is 2.23. The van der Waals surface area contributed by atoms with E-state index in [1.807, 2.05) is 4.90 Å². The fourth-order valence-corrected chi connectivity index (χ4v) is 3.50. The van der Waals surface area contributed by atoms with Crippen LogP contribution in [-0.4, -0.2) is 54.6 Å². The highest BCUT2D eigenvalue weighted by molar-refractivity contribution is 5.74. The number of urea groups is 1. The Balaban J connectivity index is 1.65. The molecule has 0 aromatic rings. The number of carbonyl (C=O) groups excluding carboxylic acids is 1. The normalized spacial score (nSPS) is 24.6. The van der Waals surface area contributed by atoms with Gasteiger partial charge in [-0.25, -0.2) is 4.79 Å². The number of nitrogens with one attached hydrogen (secondary N) is 1. The predicted molar refractivity (Wildman–Crippen MR) is 86.0 cm³/mol. The zero-order chi connectivity index (χ0) is 15.1. The molecule has 1 atom stereocenters. The number of hydrogen-bond donors (Lipinski definition) is 1. The lowest BCUT2D eigenvalue weighted by Crippen LogP contribution is -2.45. The molecule has 0 aromatic carbocycles. The van der Waals surface area contributed by atoms with E-state index in [1.54, 1.807) is 0 Å². The van der Waals surface area contributed by atoms with E-state index in [0.29, 0.717) is 6.54 Å². The van der Waals surface area contributed by atoms with Gasteiger partial charge in [0.05, 0.1) is 6.54 Å². The van der Waals surface area contributed by atoms with Crippen molar-refractivity contribution in [2.24, 2.45) is 5.92 Å². The molecule has 0 unspecified atom stereocenters. The number of nitrogens with zero attached hydrogens (tertiary/aromatic N) is 2. The third-order valence-corrected chi connectivity index (χ3v) is 5.01. The average Bonchev–Trinajstić information content (AvgIpc) is 2.52. The van der Waals surface area contributed by atoms with E-state index >= 15 is 0 Å². The Hall–Kier alpha value is -1.21. The molecule has 2 saturated heterocycles. The third-order valence-electron chi connectivity index (χ3n) is 5.01. The van der Waals surface area contributed by atoms with Gasteiger partial charge in [0.2, 0.25) is 0 Å². The predicted octanol–water partition coefficient (Wildman–Crippen LogP) is 2.31. The number of hydrogen-bond acceptors (Lipinski definition) is 2. The van der Waals surface area contributed by atoms with E-state index in [0.717, 1.165) is 37.9 Å². The van der Waals surface area contributed by atoms with Crippen molar-refractivity contribution in [2.45, 2.75) is 51.5 Å². The Bertz CT molecular complexity index is 369. The molecule has 2 amide bonds. The van der Waals surface area contributed by atoms with Crippen molar-refractivity contribution in [3.63, 3.8) is 0 Å². The summed E-state index contributed by atoms with van der Waals surface area (Å²) < 4.78 is 0. The molecule has 21 heavy (non-hydrogen) atoms. The Morgan fingerprint density at radius 2 is 2.00 bits per heavy atom. The molecule has 0 spiro atoms. The zero-order valence-electron chi connectivity index (χ0n) is 13.3. The standard InChI is InChI=1S/C17H29N3O/c1-3-10-18-17(21)20-13-8-16(9-14-20)7-12-19-11-5-4-6-15(19)2/h1,15-16H,4-14H2,2H3,(H,18,21)/t15-/m1/s1. The molecule has 0 bridgehead atoms. The second-order valence-electron chi connectivity index (χ2n) is 6.46. The van der Waals surface area contributed by atoms with Gasteiger partial charge in [-0.05, 0) is 58.0 Å². The third kappa shape index (κ3) is 4.93. The van der Waals surface area contributed by atoms with E-state index < -0.39 is 0 Å². The second-order valence-corrected chi connectivity index (χ2v) is 6.46. The van der Waals surface area contributed by atoms with Crippen molar-refractivity contribution in [3.8, 4) is 12.3 Å². The van der Waals surface area contributed by atoms with Crippen LogP contribution in [-0.2, 0) is 0 Å². The molecule has 0 saturated carbocycles. The van der Waals surface area contributed by atoms with Gasteiger partial charge in [0, 0.05) is 19.1 Å². The first-order chi connectivity index (χ1) is 10.2. The second kappa shape index (κ2) is 8.29. The number of likely N-dealkylation sites (tertiary alicyclic amines) is 2. The molecular weight excluding hydrogens is 262 g/mol. The largest absolute Gasteiger partial charge is 0.327 e. The summed E-state index contributed by atoms with van der Waals surface area (Å²) in [5.41, 5.74) is 0. The summed E-state index contributed by atoms with van der Waals surface area (Å²) in [7, 11) is 0. The van der Waals surface area contributed by atoms with Crippen LogP contribution in [0.3, 0.4) is 0 Å². The topological polar surface area (TPSA) is 35.6 Å². The molecule has 118 valence electrons. The summed E-state index contributed by atoms with van der Waals surface area (Å²) in [5.74, 6) is 3.22. The summed E-state index contributed by atoms with van der Waals surface area (Å²) in [6.07, 6.45) is 12.8. The maximum Gasteiger partial charge on any atom is 0.318 e. The molecule has 4 nitrogen and oxygen atoms in total. The molecule has 0 aliphatic carbocycles. The smallest absolute Gasteiger partial charge is 0.318 e. The van der Waals surface area contributed by atoms with Gasteiger partial charge in [-0.1, -0.05) is 12.3 Å². The first-order valence-corrected chi connectivity index (χ1v) is 8.41. The minimum atomic E-state index is -0.00365. The first-order valence-electron chi connectivity index (χ1n) is 8.41. The summed E-state index contributed by atoms with van der Waals surface area (Å²) >= 11 is 0. The Morgan fingerprint density at radius 1 is 1.24 bits per heavy atom. The van der Waals surface area contributed by atoms with Gasteiger partial charge in [0.15, 0.2) is 0 Å². The van der Waals surface area contributed by atoms with Crippen molar-refractivity contribution in [2.75, 3.05) is 32.7 Å². The molecule has 0 aromatic heterocycles. The molecule has 2 heterocycles. The summed E-state index contributed by atoms with van der Waals surface area (Å²) in [4.78, 5) is 16.4. The highest BCUT2D eigenvalue weighted by atomic mass is 16.2. The average molecular weight is 291 g/mol. The van der Waals surface area contributed by atoms with E-state index in [9.17, 15) is 4.79 Å². The van der Waals surface area contributed by atoms with Gasteiger partial charge < -0.3 is 15.1 Å². The van der Waals surface area contributed by atoms with Crippen LogP contribution in [0.1, 0.15) is 45.4 Å². The Kier molecular flexibility index (Phi) is 6.38. The van der Waals surface area contributed by atoms with Crippen LogP contribution >= 0.6 is 0 Å². The van der Waals surface area contributed by atoms with Gasteiger partial charge in [-0.2, -0.15) is 0 Å². The van der Waals surface area contributed by atoms with Crippen molar-refractivity contribution in [1.82, 2.24) is 15.1 Å². The van der Waals surface area contributed by atoms with Gasteiger partial charge in [-0.15, -0.1) is 6.42 Å². The van der Waals surface area contributed by atoms with Crippen LogP contribution in [0.15, 0.2) is 0 Å². The molecule has 2 aliphatic heterocycles. The summed E-state index contributed by atoms with van der Waals surface area (Å²) in [6.45, 7) is 6.93. The van der Waals surface area contributed by atoms with E-state index in [4.69, 9.17) is 6.42 Å². The van der Waals surface area contributed by atoms with Gasteiger partial charge >= 0.3 is 6.03 Å². The maximum absolute atomic E-state index is 11.8. The molecule has 2 aliphatic rings. The molecule has 0 radical (unpaired) electrons. The fourth-order valence-electron chi connectivity index (χ4n) is 3.50. The number of terminal acetylenes is 1. The number of carbonyl (C=O) groups is 1. The summed E-state index contributed by atoms with van der Waals surface area (Å²) in [5, 5.41) is 2.75. The minimum Gasteiger partial charge on any atom is -0.327 e. The van der Waals surface area contributed by atoms with Crippen molar-refractivity contribution >= 4 is 6.03 Å². The Labute approximate surface area is 129 Å². The van der Waals surface area contributed by atoms with Crippen LogP contribution in [0.2, 0.25) is 0 Å². The number of rotatable bonds is 4. The molecular formula is C17H29N3O. The lowest BCUT2D eigenvalue weighted by molar-refractivity contribution is 0.132. The lowest BCUT2D eigenvalue weighted by Gasteiger charge is -2.36. The van der Waals surface area contributed by atoms with Crippen molar-refractivity contribution < 1.29 is 4.79 Å². The van der Waals surface area contributed by atoms with E-state index in [1.165, 1.54) is 38.8 Å². The lowest BCUT2D eigenvalue weighted by atomic mass is 9.92. The SMILES string of the molecule is C#CCNC(=O)N1CCC(CCN2CCCC[C@H]2C)CC1. The first kappa shape index (κ1) is 16.2. The van der Waals surface area contributed by atoms with Gasteiger partial charge in [0.1, 0.15) is 0 Å². The number of amides is 2. The Morgan fingerprint density at radius 3 is 2.67 bits per heavy atom. The number of piperidine rings is 2. The van der Waals surface area contributed by atoms with E-state index in [-0.39, 0.29) is 6.03 Å². The quantitative estimate of drug-likeness (QED) is 0.807. The summed E-state index contributed by atoms with van der Waals surface area (Å²) in [6, 6.07) is 0.754. The van der Waals surface area contributed by atoms with Gasteiger partial charge in [0.25, 0.3) is 0 Å². The van der Waals surface area contributed by atoms with E-state index in [2.05, 4.69) is 23.1 Å². The van der Waals surface area contributed by atoms with Crippen LogP contribution in [0.5, 0.6) is 0 Å². The fraction of sp³-hybridized carbons (Fsp3) is 0.824. The van der Waals surface area contributed by atoms with Crippen molar-refractivity contribution in [1.29, 1.82) is 0 Å². The van der Waals surface area contributed by atoms with Gasteiger partial charge in [-0.3, -0.25) is 0 Å². The highest BCUT2D eigenvalue weighted by Gasteiger charge is 2.24. The monoisotopic (exact) mass is 291 g/mol. The molecule has 2 fully saturated rings. The molecule has 2 rings (SSSR count).